The van der Waals surface area contributed by atoms with Crippen molar-refractivity contribution >= 4 is 0 Å². The molecule has 0 spiro atoms. The molecule has 1 fully saturated rings. The molecule has 2 nitrogen and oxygen atoms in total. The highest BCUT2D eigenvalue weighted by atomic mass is 16.5. The van der Waals surface area contributed by atoms with E-state index in [9.17, 15) is 0 Å². The van der Waals surface area contributed by atoms with E-state index < -0.39 is 0 Å². The molecule has 2 rings (SSSR count). The number of benzene rings is 1. The summed E-state index contributed by atoms with van der Waals surface area (Å²) in [6, 6.07) is 11.1. The van der Waals surface area contributed by atoms with E-state index in [0.717, 1.165) is 19.6 Å². The van der Waals surface area contributed by atoms with E-state index in [-0.39, 0.29) is 5.60 Å². The minimum absolute atomic E-state index is 0.0631. The van der Waals surface area contributed by atoms with Gasteiger partial charge in [-0.25, -0.2) is 0 Å². The summed E-state index contributed by atoms with van der Waals surface area (Å²) in [5.74, 6) is 0.700. The zero-order valence-corrected chi connectivity index (χ0v) is 15.7. The minimum Gasteiger partial charge on any atom is -0.375 e. The molecule has 3 atom stereocenters. The molecule has 0 unspecified atom stereocenters. The highest BCUT2D eigenvalue weighted by Gasteiger charge is 2.43. The topological polar surface area (TPSA) is 21.3 Å². The Kier molecular flexibility index (Phi) is 6.27. The third-order valence-electron chi connectivity index (χ3n) is 6.12. The zero-order valence-electron chi connectivity index (χ0n) is 15.7. The molecule has 23 heavy (non-hydrogen) atoms. The van der Waals surface area contributed by atoms with Crippen molar-refractivity contribution < 1.29 is 4.74 Å². The lowest BCUT2D eigenvalue weighted by Gasteiger charge is -2.49. The average Bonchev–Trinajstić information content (AvgIpc) is 2.55. The van der Waals surface area contributed by atoms with Crippen LogP contribution in [-0.2, 0) is 4.74 Å². The standard InChI is InChI=1S/C21H35NO/c1-6-20(5)16-21(17(2)3,13-15-23-20)12-14-22-18(4)19-10-8-7-9-11-19/h7-11,17-18,22H,6,12-16H2,1-5H3/t18-,20-,21+/m1/s1. The van der Waals surface area contributed by atoms with Gasteiger partial charge in [0, 0.05) is 12.6 Å². The largest absolute Gasteiger partial charge is 0.375 e. The van der Waals surface area contributed by atoms with Crippen LogP contribution in [0.1, 0.15) is 71.9 Å². The van der Waals surface area contributed by atoms with Crippen LogP contribution in [0.4, 0.5) is 0 Å². The molecule has 1 heterocycles. The van der Waals surface area contributed by atoms with Crippen molar-refractivity contribution in [3.05, 3.63) is 35.9 Å². The lowest BCUT2D eigenvalue weighted by Crippen LogP contribution is -2.46. The molecule has 1 aliphatic heterocycles. The molecule has 0 saturated carbocycles. The summed E-state index contributed by atoms with van der Waals surface area (Å²) < 4.78 is 6.10. The molecule has 1 aliphatic rings. The molecular weight excluding hydrogens is 282 g/mol. The first-order valence-corrected chi connectivity index (χ1v) is 9.33. The van der Waals surface area contributed by atoms with Gasteiger partial charge in [-0.05, 0) is 63.0 Å². The summed E-state index contributed by atoms with van der Waals surface area (Å²) in [4.78, 5) is 0. The Morgan fingerprint density at radius 2 is 1.87 bits per heavy atom. The molecule has 1 N–H and O–H groups in total. The Hall–Kier alpha value is -0.860. The van der Waals surface area contributed by atoms with E-state index >= 15 is 0 Å². The molecule has 130 valence electrons. The number of hydrogen-bond donors (Lipinski definition) is 1. The van der Waals surface area contributed by atoms with Crippen LogP contribution in [-0.4, -0.2) is 18.8 Å². The Morgan fingerprint density at radius 1 is 1.17 bits per heavy atom. The van der Waals surface area contributed by atoms with Crippen molar-refractivity contribution in [2.24, 2.45) is 11.3 Å². The first-order chi connectivity index (χ1) is 10.9. The quantitative estimate of drug-likeness (QED) is 0.732. The van der Waals surface area contributed by atoms with Gasteiger partial charge in [0.05, 0.1) is 5.60 Å². The molecule has 0 aromatic heterocycles. The summed E-state index contributed by atoms with van der Waals surface area (Å²) in [6.45, 7) is 13.6. The van der Waals surface area contributed by atoms with Crippen LogP contribution in [0.3, 0.4) is 0 Å². The highest BCUT2D eigenvalue weighted by Crippen LogP contribution is 2.47. The van der Waals surface area contributed by atoms with Gasteiger partial charge < -0.3 is 10.1 Å². The van der Waals surface area contributed by atoms with Crippen molar-refractivity contribution in [1.82, 2.24) is 5.32 Å². The summed E-state index contributed by atoms with van der Waals surface area (Å²) in [5.41, 5.74) is 1.84. The second kappa shape index (κ2) is 7.81. The van der Waals surface area contributed by atoms with Gasteiger partial charge in [-0.1, -0.05) is 51.1 Å². The summed E-state index contributed by atoms with van der Waals surface area (Å²) >= 11 is 0. The Bertz CT molecular complexity index is 472. The van der Waals surface area contributed by atoms with Crippen LogP contribution in [0, 0.1) is 11.3 Å². The second-order valence-corrected chi connectivity index (χ2v) is 7.93. The Labute approximate surface area is 143 Å². The normalized spacial score (nSPS) is 29.7. The van der Waals surface area contributed by atoms with Crippen molar-refractivity contribution in [3.8, 4) is 0 Å². The van der Waals surface area contributed by atoms with Crippen LogP contribution in [0.2, 0.25) is 0 Å². The smallest absolute Gasteiger partial charge is 0.0657 e. The van der Waals surface area contributed by atoms with Gasteiger partial charge in [0.15, 0.2) is 0 Å². The third kappa shape index (κ3) is 4.58. The summed E-state index contributed by atoms with van der Waals surface area (Å²) in [6.07, 6.45) is 4.73. The lowest BCUT2D eigenvalue weighted by molar-refractivity contribution is -0.132. The molecule has 0 radical (unpaired) electrons. The van der Waals surface area contributed by atoms with E-state index in [0.29, 0.717) is 17.4 Å². The lowest BCUT2D eigenvalue weighted by atomic mass is 9.64. The first-order valence-electron chi connectivity index (χ1n) is 9.33. The van der Waals surface area contributed by atoms with Crippen LogP contribution >= 0.6 is 0 Å². The zero-order chi connectivity index (χ0) is 16.9. The van der Waals surface area contributed by atoms with Crippen molar-refractivity contribution in [2.75, 3.05) is 13.2 Å². The fourth-order valence-electron chi connectivity index (χ4n) is 4.00. The molecular formula is C21H35NO. The van der Waals surface area contributed by atoms with Gasteiger partial charge in [0.2, 0.25) is 0 Å². The van der Waals surface area contributed by atoms with E-state index in [1.165, 1.54) is 24.8 Å². The first kappa shape index (κ1) is 18.5. The Balaban J connectivity index is 1.95. The molecule has 0 amide bonds. The molecule has 1 aromatic carbocycles. The van der Waals surface area contributed by atoms with Crippen LogP contribution in [0.15, 0.2) is 30.3 Å². The molecule has 1 aromatic rings. The summed E-state index contributed by atoms with van der Waals surface area (Å²) in [7, 11) is 0. The predicted octanol–water partition coefficient (Wildman–Crippen LogP) is 5.35. The molecule has 1 saturated heterocycles. The van der Waals surface area contributed by atoms with Crippen LogP contribution < -0.4 is 5.32 Å². The Morgan fingerprint density at radius 3 is 2.48 bits per heavy atom. The van der Waals surface area contributed by atoms with E-state index in [2.05, 4.69) is 70.3 Å². The number of ether oxygens (including phenoxy) is 1. The maximum atomic E-state index is 6.10. The predicted molar refractivity (Wildman–Crippen MR) is 98.6 cm³/mol. The van der Waals surface area contributed by atoms with Gasteiger partial charge in [0.25, 0.3) is 0 Å². The van der Waals surface area contributed by atoms with Gasteiger partial charge in [-0.15, -0.1) is 0 Å². The van der Waals surface area contributed by atoms with Crippen LogP contribution in [0.25, 0.3) is 0 Å². The SMILES string of the molecule is CC[C@]1(C)C[C@@](CCN[C@H](C)c2ccccc2)(C(C)C)CCO1. The van der Waals surface area contributed by atoms with Crippen LogP contribution in [0.5, 0.6) is 0 Å². The van der Waals surface area contributed by atoms with Crippen molar-refractivity contribution in [2.45, 2.75) is 71.9 Å². The van der Waals surface area contributed by atoms with E-state index in [1.54, 1.807) is 0 Å². The van der Waals surface area contributed by atoms with Gasteiger partial charge >= 0.3 is 0 Å². The number of hydrogen-bond acceptors (Lipinski definition) is 2. The maximum absolute atomic E-state index is 6.10. The fraction of sp³-hybridized carbons (Fsp3) is 0.714. The van der Waals surface area contributed by atoms with E-state index in [4.69, 9.17) is 4.74 Å². The monoisotopic (exact) mass is 317 g/mol. The van der Waals surface area contributed by atoms with E-state index in [1.807, 2.05) is 0 Å². The second-order valence-electron chi connectivity index (χ2n) is 7.93. The van der Waals surface area contributed by atoms with Gasteiger partial charge in [0.1, 0.15) is 0 Å². The molecule has 2 heteroatoms. The average molecular weight is 318 g/mol. The number of nitrogens with one attached hydrogen (secondary N) is 1. The van der Waals surface area contributed by atoms with Gasteiger partial charge in [-0.2, -0.15) is 0 Å². The molecule has 0 aliphatic carbocycles. The maximum Gasteiger partial charge on any atom is 0.0657 e. The van der Waals surface area contributed by atoms with Crippen molar-refractivity contribution in [3.63, 3.8) is 0 Å². The molecule has 0 bridgehead atoms. The van der Waals surface area contributed by atoms with Crippen molar-refractivity contribution in [1.29, 1.82) is 0 Å². The number of rotatable bonds is 7. The highest BCUT2D eigenvalue weighted by molar-refractivity contribution is 5.18. The van der Waals surface area contributed by atoms with Gasteiger partial charge in [-0.3, -0.25) is 0 Å². The fourth-order valence-corrected chi connectivity index (χ4v) is 4.00. The minimum atomic E-state index is 0.0631. The summed E-state index contributed by atoms with van der Waals surface area (Å²) in [5, 5.41) is 3.73. The third-order valence-corrected chi connectivity index (χ3v) is 6.12.